The van der Waals surface area contributed by atoms with Crippen molar-refractivity contribution >= 4 is 11.9 Å². The van der Waals surface area contributed by atoms with Crippen molar-refractivity contribution in [3.63, 3.8) is 0 Å². The summed E-state index contributed by atoms with van der Waals surface area (Å²) in [4.78, 5) is 12.4. The summed E-state index contributed by atoms with van der Waals surface area (Å²) in [6, 6.07) is 10.6. The van der Waals surface area contributed by atoms with Crippen LogP contribution < -0.4 is 18.9 Å². The predicted octanol–water partition coefficient (Wildman–Crippen LogP) is 3.33. The summed E-state index contributed by atoms with van der Waals surface area (Å²) in [5, 5.41) is 0. The van der Waals surface area contributed by atoms with Gasteiger partial charge in [-0.1, -0.05) is 12.1 Å². The van der Waals surface area contributed by atoms with E-state index in [0.29, 0.717) is 34.1 Å². The largest absolute Gasteiger partial charge is 0.497 e. The molecule has 0 unspecified atom stereocenters. The van der Waals surface area contributed by atoms with Crippen molar-refractivity contribution in [3.8, 4) is 23.0 Å². The van der Waals surface area contributed by atoms with Crippen molar-refractivity contribution in [1.82, 2.24) is 0 Å². The molecule has 0 aromatic heterocycles. The van der Waals surface area contributed by atoms with Crippen LogP contribution in [0.3, 0.4) is 0 Å². The van der Waals surface area contributed by atoms with Crippen molar-refractivity contribution in [3.05, 3.63) is 53.3 Å². The maximum absolute atomic E-state index is 12.4. The Morgan fingerprint density at radius 1 is 1.00 bits per heavy atom. The van der Waals surface area contributed by atoms with Gasteiger partial charge in [0.2, 0.25) is 5.78 Å². The molecule has 2 aromatic carbocycles. The number of ketones is 1. The Morgan fingerprint density at radius 3 is 2.52 bits per heavy atom. The quantitative estimate of drug-likeness (QED) is 0.811. The van der Waals surface area contributed by atoms with Crippen LogP contribution in [-0.2, 0) is 0 Å². The monoisotopic (exact) mass is 312 g/mol. The van der Waals surface area contributed by atoms with Gasteiger partial charge in [-0.15, -0.1) is 0 Å². The first-order valence-electron chi connectivity index (χ1n) is 7.01. The number of para-hydroxylation sites is 1. The average Bonchev–Trinajstić information content (AvgIpc) is 2.89. The van der Waals surface area contributed by atoms with Crippen LogP contribution in [0.4, 0.5) is 0 Å². The van der Waals surface area contributed by atoms with E-state index in [2.05, 4.69) is 0 Å². The van der Waals surface area contributed by atoms with E-state index in [-0.39, 0.29) is 11.5 Å². The number of ether oxygens (including phenoxy) is 4. The molecule has 0 bridgehead atoms. The summed E-state index contributed by atoms with van der Waals surface area (Å²) in [5.41, 5.74) is 1.22. The molecule has 0 amide bonds. The molecule has 0 fully saturated rings. The highest BCUT2D eigenvalue weighted by atomic mass is 16.5. The Hall–Kier alpha value is -2.95. The maximum Gasteiger partial charge on any atom is 0.231 e. The highest BCUT2D eigenvalue weighted by Gasteiger charge is 2.28. The molecular weight excluding hydrogens is 296 g/mol. The minimum Gasteiger partial charge on any atom is -0.497 e. The zero-order chi connectivity index (χ0) is 16.4. The first-order chi connectivity index (χ1) is 11.2. The third-order valence-corrected chi connectivity index (χ3v) is 3.60. The second-order valence-electron chi connectivity index (χ2n) is 4.88. The van der Waals surface area contributed by atoms with Crippen molar-refractivity contribution < 1.29 is 23.7 Å². The van der Waals surface area contributed by atoms with E-state index in [1.165, 1.54) is 0 Å². The molecule has 0 radical (unpaired) electrons. The highest BCUT2D eigenvalue weighted by Crippen LogP contribution is 2.37. The van der Waals surface area contributed by atoms with Crippen LogP contribution >= 0.6 is 0 Å². The minimum absolute atomic E-state index is 0.174. The van der Waals surface area contributed by atoms with E-state index in [1.54, 1.807) is 51.7 Å². The fourth-order valence-corrected chi connectivity index (χ4v) is 2.46. The molecule has 0 N–H and O–H groups in total. The summed E-state index contributed by atoms with van der Waals surface area (Å²) in [7, 11) is 4.68. The van der Waals surface area contributed by atoms with Gasteiger partial charge >= 0.3 is 0 Å². The lowest BCUT2D eigenvalue weighted by atomic mass is 10.1. The van der Waals surface area contributed by atoms with Gasteiger partial charge < -0.3 is 18.9 Å². The van der Waals surface area contributed by atoms with Gasteiger partial charge in [0.25, 0.3) is 0 Å². The van der Waals surface area contributed by atoms with Crippen molar-refractivity contribution in [1.29, 1.82) is 0 Å². The number of methoxy groups -OCH3 is 3. The van der Waals surface area contributed by atoms with Crippen molar-refractivity contribution in [2.24, 2.45) is 0 Å². The summed E-state index contributed by atoms with van der Waals surface area (Å²) >= 11 is 0. The van der Waals surface area contributed by atoms with Crippen LogP contribution in [-0.4, -0.2) is 27.1 Å². The molecule has 0 saturated carbocycles. The fraction of sp³-hybridized carbons (Fsp3) is 0.167. The van der Waals surface area contributed by atoms with E-state index >= 15 is 0 Å². The zero-order valence-corrected chi connectivity index (χ0v) is 13.1. The molecule has 1 heterocycles. The van der Waals surface area contributed by atoms with E-state index < -0.39 is 0 Å². The van der Waals surface area contributed by atoms with Crippen LogP contribution in [0.15, 0.2) is 42.2 Å². The molecule has 5 heteroatoms. The number of fused-ring (bicyclic) bond motifs is 1. The Balaban J connectivity index is 2.01. The number of hydrogen-bond donors (Lipinski definition) is 0. The third kappa shape index (κ3) is 2.61. The first-order valence-corrected chi connectivity index (χ1v) is 7.01. The van der Waals surface area contributed by atoms with E-state index in [1.807, 2.05) is 12.1 Å². The number of Topliss-reactive ketones (excluding diaryl/α,β-unsaturated/α-hetero) is 1. The lowest BCUT2D eigenvalue weighted by Crippen LogP contribution is -1.99. The Morgan fingerprint density at radius 2 is 1.83 bits per heavy atom. The molecule has 5 nitrogen and oxygen atoms in total. The smallest absolute Gasteiger partial charge is 0.231 e. The van der Waals surface area contributed by atoms with Crippen LogP contribution in [0.5, 0.6) is 23.0 Å². The highest BCUT2D eigenvalue weighted by molar-refractivity contribution is 6.14. The number of rotatable bonds is 4. The topological polar surface area (TPSA) is 54.0 Å². The number of hydrogen-bond acceptors (Lipinski definition) is 5. The fourth-order valence-electron chi connectivity index (χ4n) is 2.46. The third-order valence-electron chi connectivity index (χ3n) is 3.60. The molecule has 0 saturated heterocycles. The van der Waals surface area contributed by atoms with Gasteiger partial charge in [-0.25, -0.2) is 0 Å². The van der Waals surface area contributed by atoms with Gasteiger partial charge in [0.05, 0.1) is 26.9 Å². The van der Waals surface area contributed by atoms with E-state index in [0.717, 1.165) is 0 Å². The second kappa shape index (κ2) is 6.04. The van der Waals surface area contributed by atoms with E-state index in [4.69, 9.17) is 18.9 Å². The molecule has 3 rings (SSSR count). The lowest BCUT2D eigenvalue weighted by Gasteiger charge is -2.10. The summed E-state index contributed by atoms with van der Waals surface area (Å²) in [5.74, 6) is 2.32. The minimum atomic E-state index is -0.174. The Kier molecular flexibility index (Phi) is 3.93. The molecule has 0 aliphatic carbocycles. The number of carbonyl (C=O) groups excluding carboxylic acids is 1. The molecule has 23 heavy (non-hydrogen) atoms. The summed E-state index contributed by atoms with van der Waals surface area (Å²) < 4.78 is 21.5. The Labute approximate surface area is 134 Å². The molecule has 0 atom stereocenters. The number of benzene rings is 2. The SMILES string of the molecule is COc1ccc2c(c1)OC(=Cc1cccc(OC)c1OC)C2=O. The van der Waals surface area contributed by atoms with Crippen molar-refractivity contribution in [2.45, 2.75) is 0 Å². The average molecular weight is 312 g/mol. The normalized spacial score (nSPS) is 14.4. The summed E-state index contributed by atoms with van der Waals surface area (Å²) in [6.07, 6.45) is 1.65. The number of carbonyl (C=O) groups is 1. The van der Waals surface area contributed by atoms with Gasteiger partial charge in [-0.3, -0.25) is 4.79 Å². The van der Waals surface area contributed by atoms with Crippen molar-refractivity contribution in [2.75, 3.05) is 21.3 Å². The second-order valence-corrected chi connectivity index (χ2v) is 4.88. The van der Waals surface area contributed by atoms with E-state index in [9.17, 15) is 4.79 Å². The molecular formula is C18H16O5. The van der Waals surface area contributed by atoms with Gasteiger partial charge in [-0.05, 0) is 24.3 Å². The lowest BCUT2D eigenvalue weighted by molar-refractivity contribution is 0.101. The van der Waals surface area contributed by atoms with Crippen LogP contribution in [0.25, 0.3) is 6.08 Å². The molecule has 1 aliphatic rings. The first kappa shape index (κ1) is 15.0. The van der Waals surface area contributed by atoms with Gasteiger partial charge in [0.1, 0.15) is 11.5 Å². The molecule has 0 spiro atoms. The Bertz CT molecular complexity index is 792. The van der Waals surface area contributed by atoms with Gasteiger partial charge in [0.15, 0.2) is 17.3 Å². The summed E-state index contributed by atoms with van der Waals surface area (Å²) in [6.45, 7) is 0. The number of allylic oxidation sites excluding steroid dienone is 1. The molecule has 1 aliphatic heterocycles. The van der Waals surface area contributed by atoms with Crippen LogP contribution in [0, 0.1) is 0 Å². The molecule has 118 valence electrons. The maximum atomic E-state index is 12.4. The predicted molar refractivity (Wildman–Crippen MR) is 85.5 cm³/mol. The van der Waals surface area contributed by atoms with Gasteiger partial charge in [-0.2, -0.15) is 0 Å². The standard InChI is InChI=1S/C18H16O5/c1-20-12-7-8-13-15(10-12)23-16(17(13)19)9-11-5-4-6-14(21-2)18(11)22-3/h4-10H,1-3H3. The van der Waals surface area contributed by atoms with Crippen LogP contribution in [0.1, 0.15) is 15.9 Å². The molecule has 2 aromatic rings. The van der Waals surface area contributed by atoms with Gasteiger partial charge in [0, 0.05) is 11.6 Å². The van der Waals surface area contributed by atoms with Crippen LogP contribution in [0.2, 0.25) is 0 Å². The zero-order valence-electron chi connectivity index (χ0n) is 13.1.